The zero-order valence-electron chi connectivity index (χ0n) is 17.7. The maximum atomic E-state index is 13.5. The number of ether oxygens (including phenoxy) is 2. The molecule has 2 heterocycles. The van der Waals surface area contributed by atoms with E-state index in [0.717, 1.165) is 48.2 Å². The summed E-state index contributed by atoms with van der Waals surface area (Å²) in [5.74, 6) is 0.611. The Balaban J connectivity index is 1.67. The number of methoxy groups -OCH3 is 1. The van der Waals surface area contributed by atoms with Gasteiger partial charge in [-0.3, -0.25) is 14.6 Å². The normalized spacial score (nSPS) is 14.8. The van der Waals surface area contributed by atoms with E-state index in [1.807, 2.05) is 23.1 Å². The molecule has 1 aliphatic rings. The van der Waals surface area contributed by atoms with Crippen molar-refractivity contribution in [3.63, 3.8) is 0 Å². The van der Waals surface area contributed by atoms with Crippen LogP contribution in [0.5, 0.6) is 5.75 Å². The van der Waals surface area contributed by atoms with Crippen molar-refractivity contribution in [2.24, 2.45) is 0 Å². The fourth-order valence-electron chi connectivity index (χ4n) is 3.74. The average Bonchev–Trinajstić information content (AvgIpc) is 3.18. The van der Waals surface area contributed by atoms with Gasteiger partial charge in [0.25, 0.3) is 5.91 Å². The van der Waals surface area contributed by atoms with E-state index in [1.165, 1.54) is 11.1 Å². The molecule has 6 nitrogen and oxygen atoms in total. The second kappa shape index (κ2) is 9.12. The molecule has 2 aromatic carbocycles. The molecule has 7 heteroatoms. The molecule has 0 spiro atoms. The van der Waals surface area contributed by atoms with E-state index >= 15 is 0 Å². The molecule has 0 aliphatic carbocycles. The summed E-state index contributed by atoms with van der Waals surface area (Å²) in [6.07, 6.45) is 0. The van der Waals surface area contributed by atoms with Crippen molar-refractivity contribution in [3.05, 3.63) is 53.1 Å². The smallest absolute Gasteiger partial charge is 0.260 e. The van der Waals surface area contributed by atoms with Gasteiger partial charge in [-0.05, 0) is 49.2 Å². The Morgan fingerprint density at radius 1 is 1.23 bits per heavy atom. The van der Waals surface area contributed by atoms with Crippen molar-refractivity contribution in [3.8, 4) is 5.75 Å². The van der Waals surface area contributed by atoms with Gasteiger partial charge in [0.15, 0.2) is 5.13 Å². The molecular formula is C23H27N3O3S. The van der Waals surface area contributed by atoms with Gasteiger partial charge < -0.3 is 9.47 Å². The van der Waals surface area contributed by atoms with Gasteiger partial charge in [0.05, 0.1) is 30.5 Å². The molecule has 30 heavy (non-hydrogen) atoms. The van der Waals surface area contributed by atoms with Crippen LogP contribution in [0, 0.1) is 13.8 Å². The lowest BCUT2D eigenvalue weighted by molar-refractivity contribution is 0.0391. The molecule has 0 saturated carbocycles. The first-order valence-corrected chi connectivity index (χ1v) is 11.0. The maximum absolute atomic E-state index is 13.5. The number of fused-ring (bicyclic) bond motifs is 1. The summed E-state index contributed by atoms with van der Waals surface area (Å²) in [6, 6.07) is 11.5. The number of benzene rings is 2. The van der Waals surface area contributed by atoms with E-state index in [0.29, 0.717) is 17.9 Å². The lowest BCUT2D eigenvalue weighted by Crippen LogP contribution is -2.43. The van der Waals surface area contributed by atoms with Gasteiger partial charge in [-0.2, -0.15) is 0 Å². The highest BCUT2D eigenvalue weighted by Crippen LogP contribution is 2.33. The topological polar surface area (TPSA) is 54.9 Å². The van der Waals surface area contributed by atoms with Crippen molar-refractivity contribution in [1.82, 2.24) is 9.88 Å². The Kier molecular flexibility index (Phi) is 6.32. The number of rotatable bonds is 6. The molecule has 0 bridgehead atoms. The Morgan fingerprint density at radius 2 is 2.03 bits per heavy atom. The van der Waals surface area contributed by atoms with Gasteiger partial charge in [0.1, 0.15) is 5.75 Å². The monoisotopic (exact) mass is 425 g/mol. The number of anilines is 1. The van der Waals surface area contributed by atoms with Crippen molar-refractivity contribution in [2.75, 3.05) is 51.4 Å². The number of nitrogens with zero attached hydrogens (tertiary/aromatic N) is 3. The molecule has 4 rings (SSSR count). The summed E-state index contributed by atoms with van der Waals surface area (Å²) in [5.41, 5.74) is 3.91. The highest BCUT2D eigenvalue weighted by atomic mass is 32.1. The third-order valence-corrected chi connectivity index (χ3v) is 6.57. The second-order valence-electron chi connectivity index (χ2n) is 7.57. The largest absolute Gasteiger partial charge is 0.497 e. The molecule has 0 atom stereocenters. The molecule has 0 unspecified atom stereocenters. The number of thiazole rings is 1. The number of hydrogen-bond donors (Lipinski definition) is 0. The quantitative estimate of drug-likeness (QED) is 0.600. The van der Waals surface area contributed by atoms with Crippen LogP contribution < -0.4 is 9.64 Å². The highest BCUT2D eigenvalue weighted by molar-refractivity contribution is 7.22. The van der Waals surface area contributed by atoms with Crippen molar-refractivity contribution in [1.29, 1.82) is 0 Å². The van der Waals surface area contributed by atoms with E-state index in [2.05, 4.69) is 30.9 Å². The summed E-state index contributed by atoms with van der Waals surface area (Å²) in [6.45, 7) is 8.79. The zero-order chi connectivity index (χ0) is 21.1. The summed E-state index contributed by atoms with van der Waals surface area (Å²) >= 11 is 1.58. The molecule has 1 saturated heterocycles. The lowest BCUT2D eigenvalue weighted by atomic mass is 10.1. The van der Waals surface area contributed by atoms with Crippen LogP contribution in [0.2, 0.25) is 0 Å². The molecule has 1 amide bonds. The summed E-state index contributed by atoms with van der Waals surface area (Å²) in [7, 11) is 1.61. The van der Waals surface area contributed by atoms with Crippen LogP contribution in [0.3, 0.4) is 0 Å². The molecule has 0 radical (unpaired) electrons. The third kappa shape index (κ3) is 4.48. The number of carbonyl (C=O) groups excluding carboxylic acids is 1. The lowest BCUT2D eigenvalue weighted by Gasteiger charge is -2.29. The van der Waals surface area contributed by atoms with E-state index in [1.54, 1.807) is 24.5 Å². The maximum Gasteiger partial charge on any atom is 0.260 e. The van der Waals surface area contributed by atoms with Crippen LogP contribution in [-0.2, 0) is 4.74 Å². The van der Waals surface area contributed by atoms with Crippen LogP contribution in [0.25, 0.3) is 10.2 Å². The number of aryl methyl sites for hydroxylation is 2. The second-order valence-corrected chi connectivity index (χ2v) is 8.55. The Bertz CT molecular complexity index is 1040. The van der Waals surface area contributed by atoms with E-state index < -0.39 is 0 Å². The van der Waals surface area contributed by atoms with Crippen LogP contribution in [0.4, 0.5) is 5.13 Å². The number of morpholine rings is 1. The molecule has 1 aromatic heterocycles. The van der Waals surface area contributed by atoms with Gasteiger partial charge in [0, 0.05) is 31.7 Å². The molecule has 0 N–H and O–H groups in total. The Hall–Kier alpha value is -2.48. The number of hydrogen-bond acceptors (Lipinski definition) is 6. The standard InChI is InChI=1S/C23H27N3O3S/c1-16-13-17(2)21-20(14-16)24-23(30-21)26(8-7-25-9-11-29-12-10-25)22(27)18-5-4-6-19(15-18)28-3/h4-6,13-15H,7-12H2,1-3H3. The Labute approximate surface area is 181 Å². The predicted octanol–water partition coefficient (Wildman–Crippen LogP) is 3.90. The van der Waals surface area contributed by atoms with Gasteiger partial charge in [-0.25, -0.2) is 4.98 Å². The minimum Gasteiger partial charge on any atom is -0.497 e. The summed E-state index contributed by atoms with van der Waals surface area (Å²) < 4.78 is 11.9. The minimum absolute atomic E-state index is 0.0596. The van der Waals surface area contributed by atoms with Crippen molar-refractivity contribution >= 4 is 32.6 Å². The van der Waals surface area contributed by atoms with Crippen molar-refractivity contribution in [2.45, 2.75) is 13.8 Å². The van der Waals surface area contributed by atoms with Gasteiger partial charge in [0.2, 0.25) is 0 Å². The van der Waals surface area contributed by atoms with Crippen LogP contribution in [0.15, 0.2) is 36.4 Å². The average molecular weight is 426 g/mol. The summed E-state index contributed by atoms with van der Waals surface area (Å²) in [4.78, 5) is 22.5. The number of aromatic nitrogens is 1. The fraction of sp³-hybridized carbons (Fsp3) is 0.391. The molecule has 3 aromatic rings. The van der Waals surface area contributed by atoms with Gasteiger partial charge in [-0.15, -0.1) is 0 Å². The zero-order valence-corrected chi connectivity index (χ0v) is 18.5. The van der Waals surface area contributed by atoms with Crippen LogP contribution >= 0.6 is 11.3 Å². The summed E-state index contributed by atoms with van der Waals surface area (Å²) in [5, 5.41) is 0.736. The first kappa shape index (κ1) is 20.8. The molecular weight excluding hydrogens is 398 g/mol. The van der Waals surface area contributed by atoms with Gasteiger partial charge in [-0.1, -0.05) is 23.5 Å². The first-order valence-electron chi connectivity index (χ1n) is 10.2. The van der Waals surface area contributed by atoms with Crippen LogP contribution in [-0.4, -0.2) is 62.3 Å². The van der Waals surface area contributed by atoms with E-state index in [9.17, 15) is 4.79 Å². The highest BCUT2D eigenvalue weighted by Gasteiger charge is 2.23. The number of carbonyl (C=O) groups is 1. The molecule has 158 valence electrons. The van der Waals surface area contributed by atoms with Gasteiger partial charge >= 0.3 is 0 Å². The van der Waals surface area contributed by atoms with Crippen LogP contribution in [0.1, 0.15) is 21.5 Å². The SMILES string of the molecule is COc1cccc(C(=O)N(CCN2CCOCC2)c2nc3cc(C)cc(C)c3s2)c1. The minimum atomic E-state index is -0.0596. The number of amides is 1. The molecule has 1 aliphatic heterocycles. The molecule has 1 fully saturated rings. The first-order chi connectivity index (χ1) is 14.5. The van der Waals surface area contributed by atoms with E-state index in [-0.39, 0.29) is 5.91 Å². The fourth-order valence-corrected chi connectivity index (χ4v) is 4.78. The van der Waals surface area contributed by atoms with Crippen molar-refractivity contribution < 1.29 is 14.3 Å². The van der Waals surface area contributed by atoms with E-state index in [4.69, 9.17) is 14.5 Å². The third-order valence-electron chi connectivity index (χ3n) is 5.35. The Morgan fingerprint density at radius 3 is 2.80 bits per heavy atom. The predicted molar refractivity (Wildman–Crippen MR) is 121 cm³/mol.